The van der Waals surface area contributed by atoms with Crippen molar-refractivity contribution in [2.45, 2.75) is 12.3 Å². The van der Waals surface area contributed by atoms with Crippen molar-refractivity contribution in [3.63, 3.8) is 0 Å². The molecule has 3 rings (SSSR count). The van der Waals surface area contributed by atoms with E-state index in [2.05, 4.69) is 6.07 Å². The molecule has 1 fully saturated rings. The van der Waals surface area contributed by atoms with E-state index in [1.807, 2.05) is 24.5 Å². The van der Waals surface area contributed by atoms with Crippen LogP contribution < -0.4 is 0 Å². The van der Waals surface area contributed by atoms with Crippen LogP contribution in [0.5, 0.6) is 0 Å². The molecule has 1 N–H and O–H groups in total. The molecular formula is C12H12O2. The van der Waals surface area contributed by atoms with E-state index in [0.717, 1.165) is 12.0 Å². The Morgan fingerprint density at radius 1 is 1.36 bits per heavy atom. The zero-order chi connectivity index (χ0) is 9.54. The Morgan fingerprint density at radius 2 is 2.21 bits per heavy atom. The Kier molecular flexibility index (Phi) is 1.64. The molecule has 2 nitrogen and oxygen atoms in total. The minimum Gasteiger partial charge on any atom is -0.464 e. The number of fused-ring (bicyclic) bond motifs is 1. The normalized spacial score (nSPS) is 25.5. The lowest BCUT2D eigenvalue weighted by Gasteiger charge is -1.93. The van der Waals surface area contributed by atoms with Gasteiger partial charge in [0, 0.05) is 17.6 Å². The molecule has 1 saturated carbocycles. The third kappa shape index (κ3) is 1.07. The van der Waals surface area contributed by atoms with Gasteiger partial charge in [0.15, 0.2) is 0 Å². The monoisotopic (exact) mass is 188 g/mol. The lowest BCUT2D eigenvalue weighted by Crippen LogP contribution is -1.87. The summed E-state index contributed by atoms with van der Waals surface area (Å²) in [4.78, 5) is 0. The highest BCUT2D eigenvalue weighted by atomic mass is 16.3. The van der Waals surface area contributed by atoms with E-state index in [0.29, 0.717) is 18.4 Å². The van der Waals surface area contributed by atoms with E-state index in [1.165, 1.54) is 10.9 Å². The molecule has 14 heavy (non-hydrogen) atoms. The summed E-state index contributed by atoms with van der Waals surface area (Å²) in [5.74, 6) is 0.972. The van der Waals surface area contributed by atoms with E-state index in [4.69, 9.17) is 9.52 Å². The van der Waals surface area contributed by atoms with Gasteiger partial charge in [0.1, 0.15) is 5.58 Å². The molecule has 0 spiro atoms. The Morgan fingerprint density at radius 3 is 3.00 bits per heavy atom. The summed E-state index contributed by atoms with van der Waals surface area (Å²) in [7, 11) is 0. The van der Waals surface area contributed by atoms with Crippen LogP contribution in [0.15, 0.2) is 34.9 Å². The third-order valence-electron chi connectivity index (χ3n) is 3.07. The fraction of sp³-hybridized carbons (Fsp3) is 0.333. The van der Waals surface area contributed by atoms with Crippen LogP contribution in [-0.2, 0) is 0 Å². The SMILES string of the molecule is OCC1CC1c1coc2ccccc12. The smallest absolute Gasteiger partial charge is 0.134 e. The maximum Gasteiger partial charge on any atom is 0.134 e. The molecule has 2 heteroatoms. The average molecular weight is 188 g/mol. The second-order valence-corrected chi connectivity index (χ2v) is 3.97. The van der Waals surface area contributed by atoms with Crippen LogP contribution in [0.3, 0.4) is 0 Å². The molecule has 2 aromatic rings. The highest BCUT2D eigenvalue weighted by molar-refractivity contribution is 5.81. The second kappa shape index (κ2) is 2.85. The topological polar surface area (TPSA) is 33.4 Å². The van der Waals surface area contributed by atoms with Crippen molar-refractivity contribution in [3.05, 3.63) is 36.1 Å². The Labute approximate surface area is 82.2 Å². The van der Waals surface area contributed by atoms with Crippen molar-refractivity contribution in [2.24, 2.45) is 5.92 Å². The minimum absolute atomic E-state index is 0.296. The number of hydrogen-bond donors (Lipinski definition) is 1. The lowest BCUT2D eigenvalue weighted by molar-refractivity contribution is 0.274. The summed E-state index contributed by atoms with van der Waals surface area (Å²) in [6.45, 7) is 0.296. The first-order valence-corrected chi connectivity index (χ1v) is 4.97. The minimum atomic E-state index is 0.296. The van der Waals surface area contributed by atoms with Crippen molar-refractivity contribution in [1.82, 2.24) is 0 Å². The van der Waals surface area contributed by atoms with Crippen molar-refractivity contribution >= 4 is 11.0 Å². The molecule has 1 aromatic heterocycles. The van der Waals surface area contributed by atoms with E-state index in [-0.39, 0.29) is 0 Å². The number of aliphatic hydroxyl groups excluding tert-OH is 1. The van der Waals surface area contributed by atoms with Crippen molar-refractivity contribution in [2.75, 3.05) is 6.61 Å². The summed E-state index contributed by atoms with van der Waals surface area (Å²) in [5.41, 5.74) is 2.21. The number of rotatable bonds is 2. The van der Waals surface area contributed by atoms with Crippen molar-refractivity contribution < 1.29 is 9.52 Å². The molecular weight excluding hydrogens is 176 g/mol. The third-order valence-corrected chi connectivity index (χ3v) is 3.07. The molecule has 1 heterocycles. The van der Waals surface area contributed by atoms with E-state index in [1.54, 1.807) is 0 Å². The maximum atomic E-state index is 9.02. The van der Waals surface area contributed by atoms with Gasteiger partial charge >= 0.3 is 0 Å². The second-order valence-electron chi connectivity index (χ2n) is 3.97. The Bertz CT molecular complexity index is 458. The summed E-state index contributed by atoms with van der Waals surface area (Å²) in [6, 6.07) is 8.07. The van der Waals surface area contributed by atoms with Crippen molar-refractivity contribution in [3.8, 4) is 0 Å². The van der Waals surface area contributed by atoms with Gasteiger partial charge in [-0.2, -0.15) is 0 Å². The first-order valence-electron chi connectivity index (χ1n) is 4.97. The lowest BCUT2D eigenvalue weighted by atomic mass is 10.1. The molecule has 0 saturated heterocycles. The van der Waals surface area contributed by atoms with Crippen LogP contribution in [0.2, 0.25) is 0 Å². The van der Waals surface area contributed by atoms with Gasteiger partial charge in [0.2, 0.25) is 0 Å². The van der Waals surface area contributed by atoms with E-state index in [9.17, 15) is 0 Å². The number of furan rings is 1. The van der Waals surface area contributed by atoms with Gasteiger partial charge in [-0.3, -0.25) is 0 Å². The van der Waals surface area contributed by atoms with Crippen LogP contribution in [0, 0.1) is 5.92 Å². The van der Waals surface area contributed by atoms with Gasteiger partial charge in [-0.05, 0) is 24.3 Å². The largest absolute Gasteiger partial charge is 0.464 e. The highest BCUT2D eigenvalue weighted by Crippen LogP contribution is 2.49. The molecule has 0 amide bonds. The van der Waals surface area contributed by atoms with Gasteiger partial charge in [-0.25, -0.2) is 0 Å². The van der Waals surface area contributed by atoms with Gasteiger partial charge < -0.3 is 9.52 Å². The van der Waals surface area contributed by atoms with Crippen LogP contribution in [0.1, 0.15) is 17.9 Å². The number of para-hydroxylation sites is 1. The molecule has 1 aromatic carbocycles. The molecule has 1 aliphatic rings. The van der Waals surface area contributed by atoms with Crippen molar-refractivity contribution in [1.29, 1.82) is 0 Å². The Balaban J connectivity index is 2.06. The molecule has 0 radical (unpaired) electrons. The summed E-state index contributed by atoms with van der Waals surface area (Å²) in [5, 5.41) is 10.2. The number of hydrogen-bond acceptors (Lipinski definition) is 2. The quantitative estimate of drug-likeness (QED) is 0.785. The van der Waals surface area contributed by atoms with E-state index >= 15 is 0 Å². The summed E-state index contributed by atoms with van der Waals surface area (Å²) in [6.07, 6.45) is 2.94. The van der Waals surface area contributed by atoms with Gasteiger partial charge in [0.05, 0.1) is 6.26 Å². The molecule has 2 unspecified atom stereocenters. The highest BCUT2D eigenvalue weighted by Gasteiger charge is 2.39. The van der Waals surface area contributed by atoms with Crippen LogP contribution >= 0.6 is 0 Å². The molecule has 0 aliphatic heterocycles. The van der Waals surface area contributed by atoms with Gasteiger partial charge in [0.25, 0.3) is 0 Å². The number of aliphatic hydroxyl groups is 1. The number of benzene rings is 1. The van der Waals surface area contributed by atoms with Gasteiger partial charge in [-0.15, -0.1) is 0 Å². The first-order chi connectivity index (χ1) is 6.90. The summed E-state index contributed by atoms with van der Waals surface area (Å²) < 4.78 is 5.46. The molecule has 1 aliphatic carbocycles. The standard InChI is InChI=1S/C12H12O2/c13-6-8-5-10(8)11-7-14-12-4-2-1-3-9(11)12/h1-4,7-8,10,13H,5-6H2. The first kappa shape index (κ1) is 8.06. The average Bonchev–Trinajstić information content (AvgIpc) is 2.90. The fourth-order valence-electron chi connectivity index (χ4n) is 2.12. The molecule has 2 atom stereocenters. The zero-order valence-corrected chi connectivity index (χ0v) is 7.81. The van der Waals surface area contributed by atoms with Crippen LogP contribution in [0.4, 0.5) is 0 Å². The van der Waals surface area contributed by atoms with Crippen LogP contribution in [0.25, 0.3) is 11.0 Å². The maximum absolute atomic E-state index is 9.02. The van der Waals surface area contributed by atoms with Gasteiger partial charge in [-0.1, -0.05) is 18.2 Å². The molecule has 0 bridgehead atoms. The summed E-state index contributed by atoms with van der Waals surface area (Å²) >= 11 is 0. The predicted molar refractivity (Wildman–Crippen MR) is 54.1 cm³/mol. The zero-order valence-electron chi connectivity index (χ0n) is 7.81. The fourth-order valence-corrected chi connectivity index (χ4v) is 2.12. The van der Waals surface area contributed by atoms with E-state index < -0.39 is 0 Å². The predicted octanol–water partition coefficient (Wildman–Crippen LogP) is 2.53. The Hall–Kier alpha value is -1.28. The molecule has 72 valence electrons. The van der Waals surface area contributed by atoms with Crippen LogP contribution in [-0.4, -0.2) is 11.7 Å².